The Balaban J connectivity index is 2.39. The second-order valence-electron chi connectivity index (χ2n) is 7.03. The summed E-state index contributed by atoms with van der Waals surface area (Å²) in [5.41, 5.74) is 9.18. The van der Waals surface area contributed by atoms with Crippen molar-refractivity contribution < 1.29 is 4.43 Å². The van der Waals surface area contributed by atoms with Crippen LogP contribution in [0.3, 0.4) is 0 Å². The lowest BCUT2D eigenvalue weighted by Gasteiger charge is -2.33. The van der Waals surface area contributed by atoms with Crippen LogP contribution in [0.5, 0.6) is 0 Å². The lowest BCUT2D eigenvalue weighted by atomic mass is 9.84. The molecule has 0 radical (unpaired) electrons. The number of pyridine rings is 1. The second kappa shape index (κ2) is 6.63. The predicted octanol–water partition coefficient (Wildman–Crippen LogP) is 4.42. The predicted molar refractivity (Wildman–Crippen MR) is 96.2 cm³/mol. The van der Waals surface area contributed by atoms with Crippen molar-refractivity contribution in [3.8, 4) is 11.1 Å². The molecule has 1 aromatic carbocycles. The van der Waals surface area contributed by atoms with Crippen LogP contribution >= 0.6 is 0 Å². The highest BCUT2D eigenvalue weighted by Crippen LogP contribution is 2.37. The fraction of sp³-hybridized carbons (Fsp3) is 0.389. The molecule has 0 saturated heterocycles. The maximum atomic E-state index is 6.31. The topological polar surface area (TPSA) is 48.1 Å². The highest BCUT2D eigenvalue weighted by Gasteiger charge is 2.28. The molecule has 0 aliphatic heterocycles. The molecule has 1 atom stereocenters. The largest absolute Gasteiger partial charge is 0.413 e. The summed E-state index contributed by atoms with van der Waals surface area (Å²) in [5, 5.41) is 0. The summed E-state index contributed by atoms with van der Waals surface area (Å²) >= 11 is 0. The highest BCUT2D eigenvalue weighted by atomic mass is 28.3. The zero-order chi connectivity index (χ0) is 16.3. The second-order valence-corrected chi connectivity index (χ2v) is 9.40. The van der Waals surface area contributed by atoms with Crippen LogP contribution < -0.4 is 5.73 Å². The molecule has 4 heteroatoms. The number of hydrogen-bond donors (Lipinski definition) is 1. The molecule has 1 heterocycles. The average molecular weight is 315 g/mol. The zero-order valence-corrected chi connectivity index (χ0v) is 15.3. The minimum atomic E-state index is -1.12. The van der Waals surface area contributed by atoms with Crippen LogP contribution in [-0.4, -0.2) is 14.0 Å². The summed E-state index contributed by atoms with van der Waals surface area (Å²) in [6, 6.07) is 12.4. The summed E-state index contributed by atoms with van der Waals surface area (Å²) < 4.78 is 6.31. The van der Waals surface area contributed by atoms with Crippen molar-refractivity contribution in [2.45, 2.75) is 40.0 Å². The molecule has 0 saturated carbocycles. The van der Waals surface area contributed by atoms with Crippen molar-refractivity contribution in [1.82, 2.24) is 4.98 Å². The fourth-order valence-corrected chi connectivity index (χ4v) is 3.62. The van der Waals surface area contributed by atoms with Gasteiger partial charge in [0.25, 0.3) is 0 Å². The molecular formula is C18H26N2OSi. The first-order chi connectivity index (χ1) is 10.3. The summed E-state index contributed by atoms with van der Waals surface area (Å²) in [4.78, 5) is 4.18. The Morgan fingerprint density at radius 2 is 1.82 bits per heavy atom. The molecule has 0 bridgehead atoms. The van der Waals surface area contributed by atoms with E-state index in [0.717, 1.165) is 11.1 Å². The molecule has 0 spiro atoms. The first-order valence-electron chi connectivity index (χ1n) is 7.74. The molecule has 0 aliphatic rings. The van der Waals surface area contributed by atoms with Gasteiger partial charge in [-0.1, -0.05) is 39.0 Å². The minimum Gasteiger partial charge on any atom is -0.413 e. The molecule has 2 aromatic rings. The molecule has 2 rings (SSSR count). The standard InChI is InChI=1S/C18H26N2OSi/c1-18(2,3)17(21-22(4)5)14-8-6-7-13(11-14)15-9-10-16(19)20-12-15/h6-12,17,22H,1-5H3,(H2,19,20). The Kier molecular flexibility index (Phi) is 5.03. The van der Waals surface area contributed by atoms with E-state index in [9.17, 15) is 0 Å². The Hall–Kier alpha value is -1.65. The zero-order valence-electron chi connectivity index (χ0n) is 14.1. The molecule has 1 unspecified atom stereocenters. The van der Waals surface area contributed by atoms with Crippen LogP contribution in [-0.2, 0) is 4.43 Å². The number of anilines is 1. The fourth-order valence-electron chi connectivity index (χ4n) is 2.51. The van der Waals surface area contributed by atoms with E-state index in [4.69, 9.17) is 10.2 Å². The number of aromatic nitrogens is 1. The number of nitrogens with zero attached hydrogens (tertiary/aromatic N) is 1. The van der Waals surface area contributed by atoms with Gasteiger partial charge in [0.2, 0.25) is 0 Å². The number of rotatable bonds is 4. The number of nitrogen functional groups attached to an aromatic ring is 1. The van der Waals surface area contributed by atoms with Gasteiger partial charge in [0, 0.05) is 11.8 Å². The van der Waals surface area contributed by atoms with Gasteiger partial charge in [-0.05, 0) is 47.8 Å². The van der Waals surface area contributed by atoms with Crippen molar-refractivity contribution in [3.63, 3.8) is 0 Å². The first-order valence-corrected chi connectivity index (χ1v) is 10.5. The Morgan fingerprint density at radius 3 is 2.36 bits per heavy atom. The van der Waals surface area contributed by atoms with Crippen LogP contribution in [0.25, 0.3) is 11.1 Å². The third-order valence-electron chi connectivity index (χ3n) is 3.50. The highest BCUT2D eigenvalue weighted by molar-refractivity contribution is 6.48. The van der Waals surface area contributed by atoms with Gasteiger partial charge in [0.15, 0.2) is 9.04 Å². The summed E-state index contributed by atoms with van der Waals surface area (Å²) in [7, 11) is -1.12. The molecule has 0 fully saturated rings. The number of hydrogen-bond acceptors (Lipinski definition) is 3. The van der Waals surface area contributed by atoms with Crippen molar-refractivity contribution in [2.75, 3.05) is 5.73 Å². The van der Waals surface area contributed by atoms with E-state index in [1.54, 1.807) is 0 Å². The van der Waals surface area contributed by atoms with E-state index in [1.165, 1.54) is 5.56 Å². The van der Waals surface area contributed by atoms with Gasteiger partial charge in [0.05, 0.1) is 6.10 Å². The van der Waals surface area contributed by atoms with Crippen molar-refractivity contribution in [3.05, 3.63) is 48.2 Å². The number of nitrogens with two attached hydrogens (primary N) is 1. The van der Waals surface area contributed by atoms with Crippen molar-refractivity contribution in [1.29, 1.82) is 0 Å². The third-order valence-corrected chi connectivity index (χ3v) is 4.32. The van der Waals surface area contributed by atoms with E-state index in [2.05, 4.69) is 63.1 Å². The van der Waals surface area contributed by atoms with Gasteiger partial charge in [-0.3, -0.25) is 0 Å². The van der Waals surface area contributed by atoms with E-state index in [0.29, 0.717) is 5.82 Å². The smallest absolute Gasteiger partial charge is 0.171 e. The Morgan fingerprint density at radius 1 is 1.09 bits per heavy atom. The van der Waals surface area contributed by atoms with Crippen LogP contribution in [0.2, 0.25) is 13.1 Å². The van der Waals surface area contributed by atoms with Crippen molar-refractivity contribution >= 4 is 14.9 Å². The lowest BCUT2D eigenvalue weighted by molar-refractivity contribution is 0.0866. The average Bonchev–Trinajstić information content (AvgIpc) is 2.44. The van der Waals surface area contributed by atoms with Gasteiger partial charge >= 0.3 is 0 Å². The minimum absolute atomic E-state index is 0.0647. The van der Waals surface area contributed by atoms with E-state index >= 15 is 0 Å². The van der Waals surface area contributed by atoms with Crippen molar-refractivity contribution in [2.24, 2.45) is 5.41 Å². The molecule has 0 aliphatic carbocycles. The summed E-state index contributed by atoms with van der Waals surface area (Å²) in [5.74, 6) is 0.543. The number of benzene rings is 1. The quantitative estimate of drug-likeness (QED) is 0.850. The molecule has 118 valence electrons. The Labute approximate surface area is 135 Å². The maximum Gasteiger partial charge on any atom is 0.171 e. The van der Waals surface area contributed by atoms with E-state index in [-0.39, 0.29) is 11.5 Å². The monoisotopic (exact) mass is 314 g/mol. The van der Waals surface area contributed by atoms with E-state index in [1.807, 2.05) is 18.3 Å². The van der Waals surface area contributed by atoms with Gasteiger partial charge in [-0.2, -0.15) is 0 Å². The van der Waals surface area contributed by atoms with Crippen LogP contribution in [0, 0.1) is 5.41 Å². The molecule has 2 N–H and O–H groups in total. The molecule has 0 amide bonds. The summed E-state index contributed by atoms with van der Waals surface area (Å²) in [6.07, 6.45) is 1.93. The van der Waals surface area contributed by atoms with Gasteiger partial charge < -0.3 is 10.2 Å². The summed E-state index contributed by atoms with van der Waals surface area (Å²) in [6.45, 7) is 11.1. The third kappa shape index (κ3) is 4.18. The normalized spacial score (nSPS) is 13.4. The molecule has 1 aromatic heterocycles. The van der Waals surface area contributed by atoms with Crippen LogP contribution in [0.1, 0.15) is 32.4 Å². The van der Waals surface area contributed by atoms with Crippen LogP contribution in [0.4, 0.5) is 5.82 Å². The van der Waals surface area contributed by atoms with Gasteiger partial charge in [0.1, 0.15) is 5.82 Å². The lowest BCUT2D eigenvalue weighted by Crippen LogP contribution is -2.25. The maximum absolute atomic E-state index is 6.31. The van der Waals surface area contributed by atoms with E-state index < -0.39 is 9.04 Å². The van der Waals surface area contributed by atoms with Crippen LogP contribution in [0.15, 0.2) is 42.6 Å². The Bertz CT molecular complexity index is 618. The van der Waals surface area contributed by atoms with Gasteiger partial charge in [-0.25, -0.2) is 4.98 Å². The molecular weight excluding hydrogens is 288 g/mol. The SMILES string of the molecule is C[SiH](C)OC(c1cccc(-c2ccc(N)nc2)c1)C(C)(C)C. The molecule has 3 nitrogen and oxygen atoms in total. The first kappa shape index (κ1) is 16.7. The van der Waals surface area contributed by atoms with Gasteiger partial charge in [-0.15, -0.1) is 0 Å². The molecule has 22 heavy (non-hydrogen) atoms.